The summed E-state index contributed by atoms with van der Waals surface area (Å²) in [7, 11) is 0. The molecular formula is C32H32F3N3O3S2. The molecule has 1 aromatic heterocycles. The molecule has 3 aromatic carbocycles. The second-order valence-corrected chi connectivity index (χ2v) is 12.5. The normalized spacial score (nSPS) is 14.1. The fourth-order valence-corrected chi connectivity index (χ4v) is 7.05. The summed E-state index contributed by atoms with van der Waals surface area (Å²) >= 11 is 3.16. The number of benzene rings is 3. The lowest BCUT2D eigenvalue weighted by Crippen LogP contribution is -2.46. The van der Waals surface area contributed by atoms with E-state index >= 15 is 0 Å². The molecule has 226 valence electrons. The fraction of sp³-hybridized carbons (Fsp3) is 0.312. The predicted octanol–water partition coefficient (Wildman–Crippen LogP) is 7.92. The summed E-state index contributed by atoms with van der Waals surface area (Å²) in [5, 5.41) is 0.708. The summed E-state index contributed by atoms with van der Waals surface area (Å²) in [5.41, 5.74) is 4.29. The molecule has 0 bridgehead atoms. The lowest BCUT2D eigenvalue weighted by atomic mass is 10.1. The number of aryl methyl sites for hydroxylation is 2. The molecule has 0 N–H and O–H groups in total. The third-order valence-corrected chi connectivity index (χ3v) is 9.55. The second kappa shape index (κ2) is 13.4. The van der Waals surface area contributed by atoms with Gasteiger partial charge in [-0.25, -0.2) is 9.78 Å². The Kier molecular flexibility index (Phi) is 9.63. The zero-order valence-electron chi connectivity index (χ0n) is 24.1. The Hall–Kier alpha value is -3.54. The van der Waals surface area contributed by atoms with E-state index in [4.69, 9.17) is 9.87 Å². The molecule has 0 spiro atoms. The lowest BCUT2D eigenvalue weighted by Gasteiger charge is -2.36. The number of hydrogen-bond acceptors (Lipinski definition) is 8. The first-order chi connectivity index (χ1) is 20.6. The van der Waals surface area contributed by atoms with Crippen LogP contribution < -0.4 is 9.79 Å². The van der Waals surface area contributed by atoms with Crippen molar-refractivity contribution < 1.29 is 27.7 Å². The van der Waals surface area contributed by atoms with Gasteiger partial charge in [-0.3, -0.25) is 14.7 Å². The fourth-order valence-electron chi connectivity index (χ4n) is 4.88. The highest BCUT2D eigenvalue weighted by Gasteiger charge is 2.30. The Morgan fingerprint density at radius 1 is 0.977 bits per heavy atom. The second-order valence-electron chi connectivity index (χ2n) is 10.4. The van der Waals surface area contributed by atoms with Gasteiger partial charge in [0.1, 0.15) is 5.01 Å². The Labute approximate surface area is 257 Å². The molecule has 1 aliphatic heterocycles. The molecule has 0 radical (unpaired) electrons. The van der Waals surface area contributed by atoms with E-state index in [0.717, 1.165) is 59.3 Å². The van der Waals surface area contributed by atoms with Crippen LogP contribution in [-0.4, -0.2) is 42.0 Å². The number of thiazole rings is 1. The Bertz CT molecular complexity index is 1570. The SMILES string of the molecule is CC(=O)OOc1ccc(SCc2sc(-c3ccc(C(F)(F)F)cc3)nc2CN2CCN(c3ccccc3C)CC2)cc1C. The van der Waals surface area contributed by atoms with Gasteiger partial charge in [-0.1, -0.05) is 30.3 Å². The third-order valence-electron chi connectivity index (χ3n) is 7.20. The van der Waals surface area contributed by atoms with Gasteiger partial charge in [0.25, 0.3) is 0 Å². The monoisotopic (exact) mass is 627 g/mol. The van der Waals surface area contributed by atoms with Gasteiger partial charge in [0.05, 0.1) is 11.3 Å². The number of aromatic nitrogens is 1. The first-order valence-corrected chi connectivity index (χ1v) is 15.6. The number of carbonyl (C=O) groups excluding carboxylic acids is 1. The van der Waals surface area contributed by atoms with E-state index in [9.17, 15) is 18.0 Å². The van der Waals surface area contributed by atoms with E-state index in [1.807, 2.05) is 19.1 Å². The lowest BCUT2D eigenvalue weighted by molar-refractivity contribution is -0.211. The molecule has 0 aliphatic carbocycles. The molecule has 0 amide bonds. The highest BCUT2D eigenvalue weighted by molar-refractivity contribution is 7.98. The minimum Gasteiger partial charge on any atom is -0.369 e. The maximum Gasteiger partial charge on any atom is 0.416 e. The number of hydrogen-bond donors (Lipinski definition) is 0. The third kappa shape index (κ3) is 7.90. The molecule has 2 heterocycles. The van der Waals surface area contributed by atoms with Gasteiger partial charge in [-0.15, -0.1) is 23.1 Å². The van der Waals surface area contributed by atoms with Crippen LogP contribution in [0, 0.1) is 13.8 Å². The summed E-state index contributed by atoms with van der Waals surface area (Å²) in [6.07, 6.45) is -4.38. The number of carbonyl (C=O) groups is 1. The highest BCUT2D eigenvalue weighted by Crippen LogP contribution is 2.36. The topological polar surface area (TPSA) is 54.9 Å². The number of anilines is 1. The molecule has 1 aliphatic rings. The zero-order valence-corrected chi connectivity index (χ0v) is 25.7. The van der Waals surface area contributed by atoms with E-state index in [-0.39, 0.29) is 0 Å². The average molecular weight is 628 g/mol. The van der Waals surface area contributed by atoms with E-state index in [1.165, 1.54) is 41.6 Å². The Morgan fingerprint density at radius 2 is 1.70 bits per heavy atom. The number of piperazine rings is 1. The van der Waals surface area contributed by atoms with E-state index < -0.39 is 17.7 Å². The average Bonchev–Trinajstić information content (AvgIpc) is 3.38. The number of para-hydroxylation sites is 1. The number of alkyl halides is 3. The van der Waals surface area contributed by atoms with E-state index in [2.05, 4.69) is 45.9 Å². The van der Waals surface area contributed by atoms with Gasteiger partial charge in [0.15, 0.2) is 5.75 Å². The smallest absolute Gasteiger partial charge is 0.369 e. The predicted molar refractivity (Wildman–Crippen MR) is 164 cm³/mol. The highest BCUT2D eigenvalue weighted by atomic mass is 32.2. The van der Waals surface area contributed by atoms with Gasteiger partial charge in [0, 0.05) is 66.4 Å². The number of nitrogens with zero attached hydrogens (tertiary/aromatic N) is 3. The van der Waals surface area contributed by atoms with Gasteiger partial charge in [0.2, 0.25) is 0 Å². The van der Waals surface area contributed by atoms with Crippen LogP contribution in [0.25, 0.3) is 10.6 Å². The standard InChI is InChI=1S/C32H32F3N3O3S2/c1-21-6-4-5-7-28(21)38-16-14-37(15-17-38)19-27-30(20-42-26-12-13-29(22(2)18-26)41-40-23(3)39)43-31(36-27)24-8-10-25(11-9-24)32(33,34)35/h4-13,18H,14-17,19-20H2,1-3H3. The van der Waals surface area contributed by atoms with Crippen molar-refractivity contribution in [1.82, 2.24) is 9.88 Å². The summed E-state index contributed by atoms with van der Waals surface area (Å²) in [5.74, 6) is 0.587. The van der Waals surface area contributed by atoms with Gasteiger partial charge in [-0.2, -0.15) is 13.2 Å². The van der Waals surface area contributed by atoms with Gasteiger partial charge >= 0.3 is 12.1 Å². The molecule has 0 saturated carbocycles. The minimum atomic E-state index is -4.38. The number of halogens is 3. The first-order valence-electron chi connectivity index (χ1n) is 13.8. The van der Waals surface area contributed by atoms with E-state index in [0.29, 0.717) is 28.6 Å². The summed E-state index contributed by atoms with van der Waals surface area (Å²) in [6.45, 7) is 9.54. The molecule has 11 heteroatoms. The van der Waals surface area contributed by atoms with Crippen molar-refractivity contribution in [2.75, 3.05) is 31.1 Å². The molecule has 4 aromatic rings. The van der Waals surface area contributed by atoms with Crippen LogP contribution in [0.4, 0.5) is 18.9 Å². The van der Waals surface area contributed by atoms with E-state index in [1.54, 1.807) is 17.8 Å². The Morgan fingerprint density at radius 3 is 2.35 bits per heavy atom. The van der Waals surface area contributed by atoms with Crippen molar-refractivity contribution in [3.63, 3.8) is 0 Å². The van der Waals surface area contributed by atoms with Crippen molar-refractivity contribution in [2.24, 2.45) is 0 Å². The maximum atomic E-state index is 13.1. The summed E-state index contributed by atoms with van der Waals surface area (Å²) in [4.78, 5) is 32.7. The molecule has 43 heavy (non-hydrogen) atoms. The van der Waals surface area contributed by atoms with Crippen LogP contribution in [0.1, 0.15) is 34.2 Å². The summed E-state index contributed by atoms with van der Waals surface area (Å²) in [6, 6.07) is 19.2. The quantitative estimate of drug-likeness (QED) is 0.106. The van der Waals surface area contributed by atoms with Crippen LogP contribution in [0.15, 0.2) is 71.6 Å². The molecule has 0 unspecified atom stereocenters. The van der Waals surface area contributed by atoms with Crippen molar-refractivity contribution in [3.05, 3.63) is 94.0 Å². The molecule has 5 rings (SSSR count). The van der Waals surface area contributed by atoms with Gasteiger partial charge < -0.3 is 4.90 Å². The maximum absolute atomic E-state index is 13.1. The van der Waals surface area contributed by atoms with Crippen LogP contribution >= 0.6 is 23.1 Å². The van der Waals surface area contributed by atoms with Crippen LogP contribution in [0.5, 0.6) is 5.75 Å². The van der Waals surface area contributed by atoms with Crippen molar-refractivity contribution in [1.29, 1.82) is 0 Å². The zero-order chi connectivity index (χ0) is 30.6. The van der Waals surface area contributed by atoms with Crippen LogP contribution in [0.3, 0.4) is 0 Å². The number of rotatable bonds is 9. The molecule has 6 nitrogen and oxygen atoms in total. The van der Waals surface area contributed by atoms with Crippen molar-refractivity contribution in [3.8, 4) is 16.3 Å². The van der Waals surface area contributed by atoms with Gasteiger partial charge in [-0.05, 0) is 61.4 Å². The number of thioether (sulfide) groups is 1. The summed E-state index contributed by atoms with van der Waals surface area (Å²) < 4.78 is 39.4. The molecule has 1 saturated heterocycles. The molecule has 0 atom stereocenters. The van der Waals surface area contributed by atoms with Crippen molar-refractivity contribution in [2.45, 2.75) is 44.1 Å². The Balaban J connectivity index is 1.32. The minimum absolute atomic E-state index is 0.465. The first kappa shape index (κ1) is 30.9. The largest absolute Gasteiger partial charge is 0.416 e. The van der Waals surface area contributed by atoms with Crippen LogP contribution in [-0.2, 0) is 28.2 Å². The molecular weight excluding hydrogens is 595 g/mol. The van der Waals surface area contributed by atoms with Crippen LogP contribution in [0.2, 0.25) is 0 Å². The van der Waals surface area contributed by atoms with Crippen molar-refractivity contribution >= 4 is 34.8 Å². The molecule has 1 fully saturated rings.